The Hall–Kier alpha value is -1.30. The van der Waals surface area contributed by atoms with Crippen LogP contribution in [0.4, 0.5) is 0 Å². The summed E-state index contributed by atoms with van der Waals surface area (Å²) >= 11 is 11.7. The van der Waals surface area contributed by atoms with Gasteiger partial charge in [-0.1, -0.05) is 34.4 Å². The lowest BCUT2D eigenvalue weighted by Gasteiger charge is -2.00. The summed E-state index contributed by atoms with van der Waals surface area (Å²) in [5.74, 6) is 4.36. The molecule has 0 spiro atoms. The number of halogens is 2. The summed E-state index contributed by atoms with van der Waals surface area (Å²) in [6.45, 7) is -0.269. The highest BCUT2D eigenvalue weighted by molar-refractivity contribution is 6.38. The minimum absolute atomic E-state index is 0.269. The van der Waals surface area contributed by atoms with E-state index in [1.807, 2.05) is 5.43 Å². The zero-order valence-corrected chi connectivity index (χ0v) is 9.63. The Bertz CT molecular complexity index is 389. The summed E-state index contributed by atoms with van der Waals surface area (Å²) in [5, 5.41) is 4.44. The Labute approximate surface area is 102 Å². The average molecular weight is 262 g/mol. The molecule has 1 aromatic rings. The number of rotatable bonds is 4. The van der Waals surface area contributed by atoms with E-state index < -0.39 is 5.91 Å². The summed E-state index contributed by atoms with van der Waals surface area (Å²) in [6.07, 6.45) is 1.33. The van der Waals surface area contributed by atoms with E-state index in [2.05, 4.69) is 9.99 Å². The molecule has 0 fully saturated rings. The van der Waals surface area contributed by atoms with E-state index in [1.165, 1.54) is 6.21 Å². The maximum Gasteiger partial charge on any atom is 0.274 e. The van der Waals surface area contributed by atoms with Gasteiger partial charge in [-0.05, 0) is 12.1 Å². The van der Waals surface area contributed by atoms with Crippen LogP contribution in [0.2, 0.25) is 10.0 Å². The lowest BCUT2D eigenvalue weighted by molar-refractivity contribution is -0.125. The van der Waals surface area contributed by atoms with Crippen LogP contribution >= 0.6 is 23.2 Å². The molecule has 0 bridgehead atoms. The van der Waals surface area contributed by atoms with Crippen molar-refractivity contribution < 1.29 is 9.63 Å². The third-order valence-electron chi connectivity index (χ3n) is 1.61. The van der Waals surface area contributed by atoms with E-state index in [1.54, 1.807) is 18.2 Å². The summed E-state index contributed by atoms with van der Waals surface area (Å²) in [4.78, 5) is 15.3. The molecule has 0 aliphatic heterocycles. The number of benzene rings is 1. The van der Waals surface area contributed by atoms with Crippen molar-refractivity contribution in [3.63, 3.8) is 0 Å². The van der Waals surface area contributed by atoms with E-state index in [-0.39, 0.29) is 6.61 Å². The molecule has 0 heterocycles. The zero-order chi connectivity index (χ0) is 12.0. The van der Waals surface area contributed by atoms with Crippen molar-refractivity contribution in [1.82, 2.24) is 5.43 Å². The van der Waals surface area contributed by atoms with Gasteiger partial charge in [-0.3, -0.25) is 10.2 Å². The fourth-order valence-corrected chi connectivity index (χ4v) is 1.36. The van der Waals surface area contributed by atoms with Crippen LogP contribution in [-0.4, -0.2) is 18.7 Å². The lowest BCUT2D eigenvalue weighted by atomic mass is 10.2. The molecule has 5 nitrogen and oxygen atoms in total. The van der Waals surface area contributed by atoms with Gasteiger partial charge in [-0.25, -0.2) is 5.84 Å². The number of nitrogens with two attached hydrogens (primary N) is 1. The van der Waals surface area contributed by atoms with E-state index in [4.69, 9.17) is 29.0 Å². The van der Waals surface area contributed by atoms with Gasteiger partial charge in [0.25, 0.3) is 5.91 Å². The van der Waals surface area contributed by atoms with Crippen molar-refractivity contribution in [2.75, 3.05) is 6.61 Å². The second-order valence-corrected chi connectivity index (χ2v) is 3.53. The number of nitrogens with one attached hydrogen (secondary N) is 1. The fourth-order valence-electron chi connectivity index (χ4n) is 0.862. The predicted molar refractivity (Wildman–Crippen MR) is 62.3 cm³/mol. The topological polar surface area (TPSA) is 76.7 Å². The normalized spacial score (nSPS) is 10.4. The van der Waals surface area contributed by atoms with Gasteiger partial charge in [0.05, 0.1) is 16.3 Å². The van der Waals surface area contributed by atoms with Crippen LogP contribution in [0.3, 0.4) is 0 Å². The summed E-state index contributed by atoms with van der Waals surface area (Å²) < 4.78 is 0. The summed E-state index contributed by atoms with van der Waals surface area (Å²) in [6, 6.07) is 5.05. The maximum atomic E-state index is 10.7. The third-order valence-corrected chi connectivity index (χ3v) is 2.27. The molecule has 0 atom stereocenters. The minimum Gasteiger partial charge on any atom is -0.386 e. The number of carbonyl (C=O) groups is 1. The SMILES string of the molecule is NNC(=O)CON=Cc1c(Cl)cccc1Cl. The smallest absolute Gasteiger partial charge is 0.274 e. The van der Waals surface area contributed by atoms with Crippen LogP contribution in [0.25, 0.3) is 0 Å². The highest BCUT2D eigenvalue weighted by atomic mass is 35.5. The molecule has 86 valence electrons. The average Bonchev–Trinajstić information content (AvgIpc) is 2.27. The van der Waals surface area contributed by atoms with E-state index in [9.17, 15) is 4.79 Å². The fraction of sp³-hybridized carbons (Fsp3) is 0.111. The van der Waals surface area contributed by atoms with Crippen molar-refractivity contribution in [3.05, 3.63) is 33.8 Å². The Morgan fingerprint density at radius 3 is 2.69 bits per heavy atom. The third kappa shape index (κ3) is 3.69. The quantitative estimate of drug-likeness (QED) is 0.372. The first-order chi connectivity index (χ1) is 7.65. The lowest BCUT2D eigenvalue weighted by Crippen LogP contribution is -2.32. The molecule has 1 aromatic carbocycles. The Kier molecular flexibility index (Phi) is 5.04. The van der Waals surface area contributed by atoms with Crippen LogP contribution < -0.4 is 11.3 Å². The molecular weight excluding hydrogens is 253 g/mol. The van der Waals surface area contributed by atoms with Gasteiger partial charge in [-0.2, -0.15) is 0 Å². The second kappa shape index (κ2) is 6.32. The molecule has 0 aliphatic carbocycles. The summed E-state index contributed by atoms with van der Waals surface area (Å²) in [7, 11) is 0. The molecule has 0 aliphatic rings. The van der Waals surface area contributed by atoms with E-state index >= 15 is 0 Å². The second-order valence-electron chi connectivity index (χ2n) is 2.71. The number of oxime groups is 1. The molecule has 0 saturated heterocycles. The monoisotopic (exact) mass is 261 g/mol. The van der Waals surface area contributed by atoms with Gasteiger partial charge in [-0.15, -0.1) is 0 Å². The first-order valence-electron chi connectivity index (χ1n) is 4.24. The first-order valence-corrected chi connectivity index (χ1v) is 4.99. The number of nitrogens with zero attached hydrogens (tertiary/aromatic N) is 1. The van der Waals surface area contributed by atoms with Gasteiger partial charge in [0.2, 0.25) is 0 Å². The van der Waals surface area contributed by atoms with Crippen LogP contribution in [0.1, 0.15) is 5.56 Å². The molecular formula is C9H9Cl2N3O2. The van der Waals surface area contributed by atoms with Crippen molar-refractivity contribution in [2.45, 2.75) is 0 Å². The van der Waals surface area contributed by atoms with E-state index in [0.29, 0.717) is 15.6 Å². The van der Waals surface area contributed by atoms with Crippen LogP contribution in [-0.2, 0) is 9.63 Å². The van der Waals surface area contributed by atoms with Crippen molar-refractivity contribution >= 4 is 35.3 Å². The molecule has 0 radical (unpaired) electrons. The molecule has 16 heavy (non-hydrogen) atoms. The molecule has 0 aromatic heterocycles. The molecule has 1 rings (SSSR count). The van der Waals surface area contributed by atoms with E-state index in [0.717, 1.165) is 0 Å². The molecule has 0 saturated carbocycles. The minimum atomic E-state index is -0.484. The molecule has 1 amide bonds. The predicted octanol–water partition coefficient (Wildman–Crippen LogP) is 1.33. The zero-order valence-electron chi connectivity index (χ0n) is 8.11. The summed E-state index contributed by atoms with van der Waals surface area (Å²) in [5.41, 5.74) is 2.42. The van der Waals surface area contributed by atoms with Gasteiger partial charge in [0.15, 0.2) is 6.61 Å². The van der Waals surface area contributed by atoms with Crippen LogP contribution in [0, 0.1) is 0 Å². The number of hydrazine groups is 1. The first kappa shape index (κ1) is 12.8. The highest BCUT2D eigenvalue weighted by Gasteiger charge is 2.02. The number of hydrogen-bond donors (Lipinski definition) is 2. The van der Waals surface area contributed by atoms with Crippen LogP contribution in [0.5, 0.6) is 0 Å². The number of hydrogen-bond acceptors (Lipinski definition) is 4. The van der Waals surface area contributed by atoms with Crippen molar-refractivity contribution in [1.29, 1.82) is 0 Å². The molecule has 7 heteroatoms. The Balaban J connectivity index is 2.59. The maximum absolute atomic E-state index is 10.7. The van der Waals surface area contributed by atoms with Gasteiger partial charge < -0.3 is 4.84 Å². The van der Waals surface area contributed by atoms with Crippen molar-refractivity contribution in [3.8, 4) is 0 Å². The Morgan fingerprint density at radius 1 is 1.50 bits per heavy atom. The Morgan fingerprint density at radius 2 is 2.12 bits per heavy atom. The number of carbonyl (C=O) groups excluding carboxylic acids is 1. The van der Waals surface area contributed by atoms with Crippen molar-refractivity contribution in [2.24, 2.45) is 11.0 Å². The highest BCUT2D eigenvalue weighted by Crippen LogP contribution is 2.22. The van der Waals surface area contributed by atoms with Gasteiger partial charge in [0.1, 0.15) is 0 Å². The standard InChI is InChI=1S/C9H9Cl2N3O2/c10-7-2-1-3-8(11)6(7)4-13-16-5-9(15)14-12/h1-4H,5,12H2,(H,14,15). The largest absolute Gasteiger partial charge is 0.386 e. The molecule has 0 unspecified atom stereocenters. The van der Waals surface area contributed by atoms with Gasteiger partial charge >= 0.3 is 0 Å². The van der Waals surface area contributed by atoms with Gasteiger partial charge in [0, 0.05) is 5.56 Å². The number of amides is 1. The molecule has 3 N–H and O–H groups in total. The van der Waals surface area contributed by atoms with Crippen LogP contribution in [0.15, 0.2) is 23.4 Å².